The SMILES string of the molecule is COc1ccc(-c2nnc(SCC(=O)N3CCCC[C@@H]3C(N)=O)n2C(C)C)cc1. The molecule has 1 aromatic carbocycles. The summed E-state index contributed by atoms with van der Waals surface area (Å²) in [7, 11) is 1.63. The van der Waals surface area contributed by atoms with Crippen LogP contribution in [-0.4, -0.2) is 56.9 Å². The standard InChI is InChI=1S/C20H27N5O3S/c1-13(2)25-19(14-7-9-15(28-3)10-8-14)22-23-20(25)29-12-17(26)24-11-5-4-6-16(24)18(21)27/h7-10,13,16H,4-6,11-12H2,1-3H3,(H2,21,27)/t16-/m1/s1. The Balaban J connectivity index is 1.76. The Morgan fingerprint density at radius 2 is 1.97 bits per heavy atom. The molecule has 2 amide bonds. The van der Waals surface area contributed by atoms with Gasteiger partial charge < -0.3 is 15.4 Å². The Bertz CT molecular complexity index is 866. The van der Waals surface area contributed by atoms with Gasteiger partial charge in [-0.15, -0.1) is 10.2 Å². The molecule has 1 saturated heterocycles. The molecule has 1 fully saturated rings. The van der Waals surface area contributed by atoms with Crippen molar-refractivity contribution in [1.82, 2.24) is 19.7 Å². The van der Waals surface area contributed by atoms with Crippen molar-refractivity contribution in [2.75, 3.05) is 19.4 Å². The number of hydrogen-bond donors (Lipinski definition) is 1. The number of primary amides is 1. The summed E-state index contributed by atoms with van der Waals surface area (Å²) < 4.78 is 7.23. The van der Waals surface area contributed by atoms with Crippen LogP contribution in [0.1, 0.15) is 39.2 Å². The van der Waals surface area contributed by atoms with Crippen molar-refractivity contribution in [3.63, 3.8) is 0 Å². The third-order valence-electron chi connectivity index (χ3n) is 5.01. The molecule has 1 aromatic heterocycles. The smallest absolute Gasteiger partial charge is 0.240 e. The minimum atomic E-state index is -0.505. The fourth-order valence-electron chi connectivity index (χ4n) is 3.51. The van der Waals surface area contributed by atoms with Gasteiger partial charge in [-0.3, -0.25) is 14.2 Å². The molecule has 0 bridgehead atoms. The van der Waals surface area contributed by atoms with Crippen molar-refractivity contribution < 1.29 is 14.3 Å². The Kier molecular flexibility index (Phi) is 6.79. The summed E-state index contributed by atoms with van der Waals surface area (Å²) in [6.45, 7) is 4.67. The third kappa shape index (κ3) is 4.72. The van der Waals surface area contributed by atoms with Gasteiger partial charge in [-0.25, -0.2) is 0 Å². The van der Waals surface area contributed by atoms with Gasteiger partial charge in [-0.05, 0) is 57.4 Å². The number of rotatable bonds is 7. The van der Waals surface area contributed by atoms with Gasteiger partial charge in [-0.1, -0.05) is 11.8 Å². The fourth-order valence-corrected chi connectivity index (χ4v) is 4.47. The first-order valence-corrected chi connectivity index (χ1v) is 10.7. The van der Waals surface area contributed by atoms with Gasteiger partial charge >= 0.3 is 0 Å². The molecule has 1 aliphatic rings. The Labute approximate surface area is 174 Å². The van der Waals surface area contributed by atoms with E-state index in [4.69, 9.17) is 10.5 Å². The minimum absolute atomic E-state index is 0.0946. The average Bonchev–Trinajstić information content (AvgIpc) is 3.16. The van der Waals surface area contributed by atoms with Gasteiger partial charge in [0.05, 0.1) is 12.9 Å². The number of ether oxygens (including phenoxy) is 1. The second-order valence-corrected chi connectivity index (χ2v) is 8.23. The van der Waals surface area contributed by atoms with Crippen molar-refractivity contribution in [3.8, 4) is 17.1 Å². The predicted octanol–water partition coefficient (Wildman–Crippen LogP) is 2.49. The number of aromatic nitrogens is 3. The molecule has 29 heavy (non-hydrogen) atoms. The second kappa shape index (κ2) is 9.30. The lowest BCUT2D eigenvalue weighted by Gasteiger charge is -2.33. The Hall–Kier alpha value is -2.55. The number of piperidine rings is 1. The van der Waals surface area contributed by atoms with Crippen LogP contribution in [0.2, 0.25) is 0 Å². The number of amides is 2. The van der Waals surface area contributed by atoms with Gasteiger partial charge in [0.25, 0.3) is 0 Å². The molecule has 2 N–H and O–H groups in total. The van der Waals surface area contributed by atoms with E-state index in [1.165, 1.54) is 11.8 Å². The largest absolute Gasteiger partial charge is 0.497 e. The lowest BCUT2D eigenvalue weighted by Crippen LogP contribution is -2.51. The summed E-state index contributed by atoms with van der Waals surface area (Å²) >= 11 is 1.34. The summed E-state index contributed by atoms with van der Waals surface area (Å²) in [5, 5.41) is 9.33. The highest BCUT2D eigenvalue weighted by atomic mass is 32.2. The van der Waals surface area contributed by atoms with Crippen molar-refractivity contribution >= 4 is 23.6 Å². The van der Waals surface area contributed by atoms with Crippen molar-refractivity contribution in [2.45, 2.75) is 50.4 Å². The lowest BCUT2D eigenvalue weighted by atomic mass is 10.0. The van der Waals surface area contributed by atoms with E-state index in [0.717, 1.165) is 30.0 Å². The lowest BCUT2D eigenvalue weighted by molar-refractivity contribution is -0.138. The number of nitrogens with two attached hydrogens (primary N) is 1. The number of hydrogen-bond acceptors (Lipinski definition) is 6. The number of thioether (sulfide) groups is 1. The van der Waals surface area contributed by atoms with Crippen LogP contribution < -0.4 is 10.5 Å². The number of carbonyl (C=O) groups excluding carboxylic acids is 2. The van der Waals surface area contributed by atoms with Crippen LogP contribution in [-0.2, 0) is 9.59 Å². The van der Waals surface area contributed by atoms with Crippen LogP contribution in [0.15, 0.2) is 29.4 Å². The molecule has 2 heterocycles. The fraction of sp³-hybridized carbons (Fsp3) is 0.500. The summed E-state index contributed by atoms with van der Waals surface area (Å²) in [4.78, 5) is 26.0. The second-order valence-electron chi connectivity index (χ2n) is 7.29. The molecule has 0 saturated carbocycles. The van der Waals surface area contributed by atoms with Gasteiger partial charge in [0, 0.05) is 18.2 Å². The first-order valence-electron chi connectivity index (χ1n) is 9.73. The van der Waals surface area contributed by atoms with Crippen LogP contribution in [0.3, 0.4) is 0 Å². The topological polar surface area (TPSA) is 103 Å². The van der Waals surface area contributed by atoms with Crippen LogP contribution in [0.4, 0.5) is 0 Å². The van der Waals surface area contributed by atoms with E-state index < -0.39 is 11.9 Å². The van der Waals surface area contributed by atoms with Crippen LogP contribution in [0, 0.1) is 0 Å². The molecular weight excluding hydrogens is 390 g/mol. The maximum absolute atomic E-state index is 12.7. The van der Waals surface area contributed by atoms with Crippen molar-refractivity contribution in [1.29, 1.82) is 0 Å². The Morgan fingerprint density at radius 3 is 2.59 bits per heavy atom. The zero-order valence-electron chi connectivity index (χ0n) is 17.0. The minimum Gasteiger partial charge on any atom is -0.497 e. The Morgan fingerprint density at radius 1 is 1.24 bits per heavy atom. The zero-order valence-corrected chi connectivity index (χ0v) is 17.8. The number of methoxy groups -OCH3 is 1. The molecular formula is C20H27N5O3S. The predicted molar refractivity (Wildman–Crippen MR) is 112 cm³/mol. The van der Waals surface area contributed by atoms with E-state index in [2.05, 4.69) is 24.0 Å². The summed E-state index contributed by atoms with van der Waals surface area (Å²) in [6.07, 6.45) is 2.44. The molecule has 1 atom stereocenters. The quantitative estimate of drug-likeness (QED) is 0.694. The van der Waals surface area contributed by atoms with E-state index in [-0.39, 0.29) is 17.7 Å². The molecule has 0 aliphatic carbocycles. The average molecular weight is 418 g/mol. The van der Waals surface area contributed by atoms with Gasteiger partial charge in [0.15, 0.2) is 11.0 Å². The summed E-state index contributed by atoms with van der Waals surface area (Å²) in [5.41, 5.74) is 6.41. The highest BCUT2D eigenvalue weighted by Crippen LogP contribution is 2.29. The first kappa shape index (κ1) is 21.2. The number of benzene rings is 1. The molecule has 0 radical (unpaired) electrons. The van der Waals surface area contributed by atoms with E-state index >= 15 is 0 Å². The normalized spacial score (nSPS) is 16.8. The number of nitrogens with zero attached hydrogens (tertiary/aromatic N) is 4. The van der Waals surface area contributed by atoms with Crippen molar-refractivity contribution in [3.05, 3.63) is 24.3 Å². The molecule has 0 spiro atoms. The number of likely N-dealkylation sites (tertiary alicyclic amines) is 1. The number of carbonyl (C=O) groups is 2. The van der Waals surface area contributed by atoms with E-state index in [0.29, 0.717) is 18.1 Å². The van der Waals surface area contributed by atoms with Crippen LogP contribution in [0.25, 0.3) is 11.4 Å². The van der Waals surface area contributed by atoms with E-state index in [1.54, 1.807) is 12.0 Å². The summed E-state index contributed by atoms with van der Waals surface area (Å²) in [6, 6.07) is 7.25. The molecule has 2 aromatic rings. The molecule has 0 unspecified atom stereocenters. The maximum Gasteiger partial charge on any atom is 0.240 e. The molecule has 8 nitrogen and oxygen atoms in total. The molecule has 156 valence electrons. The van der Waals surface area contributed by atoms with E-state index in [9.17, 15) is 9.59 Å². The molecule has 3 rings (SSSR count). The maximum atomic E-state index is 12.7. The van der Waals surface area contributed by atoms with E-state index in [1.807, 2.05) is 28.8 Å². The molecule has 1 aliphatic heterocycles. The zero-order chi connectivity index (χ0) is 21.0. The van der Waals surface area contributed by atoms with Gasteiger partial charge in [0.1, 0.15) is 11.8 Å². The first-order chi connectivity index (χ1) is 13.9. The van der Waals surface area contributed by atoms with Crippen LogP contribution in [0.5, 0.6) is 5.75 Å². The van der Waals surface area contributed by atoms with Gasteiger partial charge in [0.2, 0.25) is 11.8 Å². The highest BCUT2D eigenvalue weighted by molar-refractivity contribution is 7.99. The molecule has 9 heteroatoms. The monoisotopic (exact) mass is 417 g/mol. The van der Waals surface area contributed by atoms with Crippen LogP contribution >= 0.6 is 11.8 Å². The van der Waals surface area contributed by atoms with Gasteiger partial charge in [-0.2, -0.15) is 0 Å². The van der Waals surface area contributed by atoms with Crippen molar-refractivity contribution in [2.24, 2.45) is 5.73 Å². The highest BCUT2D eigenvalue weighted by Gasteiger charge is 2.30. The summed E-state index contributed by atoms with van der Waals surface area (Å²) in [5.74, 6) is 1.18. The third-order valence-corrected chi connectivity index (χ3v) is 5.93.